The SMILES string of the molecule is Cc1nc(C(=O)O)c2ccc(N3CCCCC3)cn12. The molecule has 0 spiro atoms. The lowest BCUT2D eigenvalue weighted by molar-refractivity contribution is 0.0693. The van der Waals surface area contributed by atoms with Crippen molar-refractivity contribution in [3.8, 4) is 0 Å². The molecule has 5 heteroatoms. The normalized spacial score (nSPS) is 15.9. The summed E-state index contributed by atoms with van der Waals surface area (Å²) in [6, 6.07) is 3.85. The van der Waals surface area contributed by atoms with Gasteiger partial charge in [0.25, 0.3) is 0 Å². The van der Waals surface area contributed by atoms with Gasteiger partial charge in [-0.05, 0) is 38.3 Å². The van der Waals surface area contributed by atoms with E-state index < -0.39 is 5.97 Å². The predicted octanol–water partition coefficient (Wildman–Crippen LogP) is 2.33. The summed E-state index contributed by atoms with van der Waals surface area (Å²) in [6.45, 7) is 3.98. The fraction of sp³-hybridized carbons (Fsp3) is 0.429. The van der Waals surface area contributed by atoms with Gasteiger partial charge in [-0.2, -0.15) is 0 Å². The Hall–Kier alpha value is -2.04. The van der Waals surface area contributed by atoms with Crippen LogP contribution < -0.4 is 4.90 Å². The first-order valence-electron chi connectivity index (χ1n) is 6.64. The van der Waals surface area contributed by atoms with Crippen molar-refractivity contribution >= 4 is 17.2 Å². The number of anilines is 1. The molecule has 100 valence electrons. The van der Waals surface area contributed by atoms with E-state index in [0.29, 0.717) is 11.3 Å². The van der Waals surface area contributed by atoms with Crippen LogP contribution in [-0.2, 0) is 0 Å². The standard InChI is InChI=1S/C14H17N3O2/c1-10-15-13(14(18)19)12-6-5-11(9-17(10)12)16-7-3-2-4-8-16/h5-6,9H,2-4,7-8H2,1H3,(H,18,19). The van der Waals surface area contributed by atoms with E-state index in [0.717, 1.165) is 18.8 Å². The number of carboxylic acid groups (broad SMARTS) is 1. The van der Waals surface area contributed by atoms with Crippen molar-refractivity contribution in [1.82, 2.24) is 9.38 Å². The molecule has 0 atom stereocenters. The first-order valence-corrected chi connectivity index (χ1v) is 6.64. The molecule has 1 saturated heterocycles. The van der Waals surface area contributed by atoms with Gasteiger partial charge in [-0.1, -0.05) is 0 Å². The van der Waals surface area contributed by atoms with E-state index in [4.69, 9.17) is 5.11 Å². The molecule has 2 aromatic heterocycles. The highest BCUT2D eigenvalue weighted by Crippen LogP contribution is 2.22. The highest BCUT2D eigenvalue weighted by atomic mass is 16.4. The maximum absolute atomic E-state index is 11.1. The highest BCUT2D eigenvalue weighted by Gasteiger charge is 2.17. The first kappa shape index (κ1) is 12.0. The van der Waals surface area contributed by atoms with Crippen molar-refractivity contribution in [1.29, 1.82) is 0 Å². The minimum absolute atomic E-state index is 0.127. The number of pyridine rings is 1. The van der Waals surface area contributed by atoms with E-state index in [-0.39, 0.29) is 5.69 Å². The number of carbonyl (C=O) groups is 1. The Morgan fingerprint density at radius 3 is 2.68 bits per heavy atom. The molecular formula is C14H17N3O2. The van der Waals surface area contributed by atoms with Gasteiger partial charge < -0.3 is 14.4 Å². The molecule has 0 bridgehead atoms. The van der Waals surface area contributed by atoms with Gasteiger partial charge in [0.1, 0.15) is 5.82 Å². The van der Waals surface area contributed by atoms with Crippen LogP contribution in [0.25, 0.3) is 5.52 Å². The summed E-state index contributed by atoms with van der Waals surface area (Å²) in [5.74, 6) is -0.261. The van der Waals surface area contributed by atoms with Crippen LogP contribution in [0.1, 0.15) is 35.6 Å². The average Bonchev–Trinajstić information content (AvgIpc) is 2.77. The zero-order valence-electron chi connectivity index (χ0n) is 11.0. The lowest BCUT2D eigenvalue weighted by Gasteiger charge is -2.28. The largest absolute Gasteiger partial charge is 0.476 e. The van der Waals surface area contributed by atoms with Crippen LogP contribution in [0, 0.1) is 6.92 Å². The molecule has 1 N–H and O–H groups in total. The van der Waals surface area contributed by atoms with E-state index in [2.05, 4.69) is 9.88 Å². The topological polar surface area (TPSA) is 57.8 Å². The van der Waals surface area contributed by atoms with Crippen LogP contribution in [0.3, 0.4) is 0 Å². The maximum Gasteiger partial charge on any atom is 0.356 e. The van der Waals surface area contributed by atoms with E-state index in [1.54, 1.807) is 0 Å². The third kappa shape index (κ3) is 2.05. The smallest absolute Gasteiger partial charge is 0.356 e. The Kier molecular flexibility index (Phi) is 2.89. The number of fused-ring (bicyclic) bond motifs is 1. The number of piperidine rings is 1. The fourth-order valence-corrected chi connectivity index (χ4v) is 2.72. The molecule has 0 amide bonds. The van der Waals surface area contributed by atoms with E-state index in [9.17, 15) is 4.79 Å². The molecule has 0 radical (unpaired) electrons. The molecule has 19 heavy (non-hydrogen) atoms. The number of nitrogens with zero attached hydrogens (tertiary/aromatic N) is 3. The highest BCUT2D eigenvalue weighted by molar-refractivity contribution is 5.93. The van der Waals surface area contributed by atoms with Crippen LogP contribution in [-0.4, -0.2) is 33.6 Å². The van der Waals surface area contributed by atoms with Crippen molar-refractivity contribution in [3.05, 3.63) is 29.8 Å². The zero-order valence-corrected chi connectivity index (χ0v) is 11.0. The van der Waals surface area contributed by atoms with Crippen molar-refractivity contribution in [3.63, 3.8) is 0 Å². The van der Waals surface area contributed by atoms with Gasteiger partial charge in [0, 0.05) is 19.3 Å². The van der Waals surface area contributed by atoms with Gasteiger partial charge in [-0.15, -0.1) is 0 Å². The van der Waals surface area contributed by atoms with Crippen LogP contribution in [0.5, 0.6) is 0 Å². The molecule has 2 aromatic rings. The Morgan fingerprint density at radius 2 is 2.00 bits per heavy atom. The second kappa shape index (κ2) is 4.57. The molecule has 1 aliphatic rings. The Morgan fingerprint density at radius 1 is 1.26 bits per heavy atom. The van der Waals surface area contributed by atoms with Crippen molar-refractivity contribution in [2.75, 3.05) is 18.0 Å². The quantitative estimate of drug-likeness (QED) is 0.899. The molecule has 1 fully saturated rings. The number of aromatic carboxylic acids is 1. The van der Waals surface area contributed by atoms with E-state index in [1.165, 1.54) is 19.3 Å². The summed E-state index contributed by atoms with van der Waals surface area (Å²) in [7, 11) is 0. The van der Waals surface area contributed by atoms with Gasteiger partial charge >= 0.3 is 5.97 Å². The first-order chi connectivity index (χ1) is 9.16. The molecule has 0 aliphatic carbocycles. The number of rotatable bonds is 2. The second-order valence-corrected chi connectivity index (χ2v) is 5.00. The monoisotopic (exact) mass is 259 g/mol. The summed E-state index contributed by atoms with van der Waals surface area (Å²) in [5.41, 5.74) is 1.93. The molecule has 0 unspecified atom stereocenters. The summed E-state index contributed by atoms with van der Waals surface area (Å²) in [5, 5.41) is 9.13. The lowest BCUT2D eigenvalue weighted by atomic mass is 10.1. The maximum atomic E-state index is 11.1. The van der Waals surface area contributed by atoms with Crippen LogP contribution in [0.15, 0.2) is 18.3 Å². The molecule has 1 aliphatic heterocycles. The minimum atomic E-state index is -0.976. The van der Waals surface area contributed by atoms with Crippen molar-refractivity contribution in [2.24, 2.45) is 0 Å². The van der Waals surface area contributed by atoms with Crippen LogP contribution in [0.2, 0.25) is 0 Å². The number of aromatic nitrogens is 2. The average molecular weight is 259 g/mol. The van der Waals surface area contributed by atoms with Crippen molar-refractivity contribution in [2.45, 2.75) is 26.2 Å². The third-order valence-corrected chi connectivity index (χ3v) is 3.72. The summed E-state index contributed by atoms with van der Waals surface area (Å²) in [4.78, 5) is 17.6. The van der Waals surface area contributed by atoms with Crippen LogP contribution >= 0.6 is 0 Å². The van der Waals surface area contributed by atoms with Gasteiger partial charge in [0.05, 0.1) is 11.2 Å². The van der Waals surface area contributed by atoms with Crippen LogP contribution in [0.4, 0.5) is 5.69 Å². The molecule has 3 heterocycles. The Balaban J connectivity index is 2.05. The predicted molar refractivity (Wildman–Crippen MR) is 73.0 cm³/mol. The fourth-order valence-electron chi connectivity index (χ4n) is 2.72. The number of imidazole rings is 1. The second-order valence-electron chi connectivity index (χ2n) is 5.00. The Bertz CT molecular complexity index is 627. The lowest BCUT2D eigenvalue weighted by Crippen LogP contribution is -2.29. The number of hydrogen-bond donors (Lipinski definition) is 1. The minimum Gasteiger partial charge on any atom is -0.476 e. The number of hydrogen-bond acceptors (Lipinski definition) is 3. The number of carboxylic acids is 1. The van der Waals surface area contributed by atoms with Gasteiger partial charge in [-0.25, -0.2) is 9.78 Å². The summed E-state index contributed by atoms with van der Waals surface area (Å²) in [6.07, 6.45) is 5.74. The molecule has 0 saturated carbocycles. The summed E-state index contributed by atoms with van der Waals surface area (Å²) >= 11 is 0. The molecule has 0 aromatic carbocycles. The van der Waals surface area contributed by atoms with E-state index >= 15 is 0 Å². The van der Waals surface area contributed by atoms with Crippen molar-refractivity contribution < 1.29 is 9.90 Å². The zero-order chi connectivity index (χ0) is 13.4. The molecule has 5 nitrogen and oxygen atoms in total. The Labute approximate surface area is 111 Å². The number of aryl methyl sites for hydroxylation is 1. The molecular weight excluding hydrogens is 242 g/mol. The molecule has 3 rings (SSSR count). The third-order valence-electron chi connectivity index (χ3n) is 3.72. The van der Waals surface area contributed by atoms with Gasteiger partial charge in [0.2, 0.25) is 0 Å². The van der Waals surface area contributed by atoms with E-state index in [1.807, 2.05) is 29.7 Å². The van der Waals surface area contributed by atoms with Gasteiger partial charge in [-0.3, -0.25) is 0 Å². The summed E-state index contributed by atoms with van der Waals surface area (Å²) < 4.78 is 1.87. The van der Waals surface area contributed by atoms with Gasteiger partial charge in [0.15, 0.2) is 5.69 Å².